The van der Waals surface area contributed by atoms with Gasteiger partial charge < -0.3 is 10.2 Å². The molecule has 0 radical (unpaired) electrons. The minimum atomic E-state index is -0.501. The Morgan fingerprint density at radius 2 is 1.96 bits per heavy atom. The highest BCUT2D eigenvalue weighted by Crippen LogP contribution is 2.31. The fraction of sp³-hybridized carbons (Fsp3) is 0.474. The second-order valence-corrected chi connectivity index (χ2v) is 7.58. The van der Waals surface area contributed by atoms with Crippen LogP contribution in [-0.2, 0) is 9.59 Å². The molecule has 0 spiro atoms. The highest BCUT2D eigenvalue weighted by molar-refractivity contribution is 6.42. The summed E-state index contributed by atoms with van der Waals surface area (Å²) in [5.41, 5.74) is 0.562. The van der Waals surface area contributed by atoms with Crippen molar-refractivity contribution >= 4 is 34.9 Å². The van der Waals surface area contributed by atoms with Crippen molar-refractivity contribution in [1.29, 1.82) is 0 Å². The number of Topliss-reactive ketones (excluding diaryl/α,β-unsaturated/α-hetero) is 1. The van der Waals surface area contributed by atoms with Crippen molar-refractivity contribution in [3.05, 3.63) is 46.5 Å². The maximum absolute atomic E-state index is 12.7. The number of likely N-dealkylation sites (N-methyl/N-ethyl adjacent to an activating group) is 1. The van der Waals surface area contributed by atoms with Crippen LogP contribution in [0.1, 0.15) is 37.2 Å². The molecule has 6 heteroatoms. The number of ketones is 1. The van der Waals surface area contributed by atoms with Gasteiger partial charge in [0.25, 0.3) is 0 Å². The predicted molar refractivity (Wildman–Crippen MR) is 102 cm³/mol. The molecule has 1 aromatic carbocycles. The number of hydrogen-bond donors (Lipinski definition) is 1. The van der Waals surface area contributed by atoms with Crippen LogP contribution in [0.3, 0.4) is 0 Å². The Hall–Kier alpha value is -1.36. The zero-order valence-corrected chi connectivity index (χ0v) is 16.2. The molecule has 0 bridgehead atoms. The highest BCUT2D eigenvalue weighted by atomic mass is 35.5. The molecule has 1 atom stereocenters. The van der Waals surface area contributed by atoms with Crippen molar-refractivity contribution < 1.29 is 9.59 Å². The quantitative estimate of drug-likeness (QED) is 0.760. The smallest absolute Gasteiger partial charge is 0.231 e. The van der Waals surface area contributed by atoms with Crippen LogP contribution in [0.5, 0.6) is 0 Å². The molecule has 0 aromatic heterocycles. The maximum atomic E-state index is 12.7. The third kappa shape index (κ3) is 4.63. The summed E-state index contributed by atoms with van der Waals surface area (Å²) in [5.74, 6) is -0.339. The largest absolute Gasteiger partial charge is 0.353 e. The van der Waals surface area contributed by atoms with Gasteiger partial charge >= 0.3 is 0 Å². The lowest BCUT2D eigenvalue weighted by atomic mass is 9.80. The molecule has 0 saturated heterocycles. The first-order chi connectivity index (χ1) is 11.8. The molecule has 1 aliphatic rings. The molecule has 2 rings (SSSR count). The van der Waals surface area contributed by atoms with Crippen molar-refractivity contribution in [2.75, 3.05) is 20.6 Å². The van der Waals surface area contributed by atoms with E-state index in [1.807, 2.05) is 14.1 Å². The van der Waals surface area contributed by atoms with Crippen molar-refractivity contribution in [1.82, 2.24) is 10.2 Å². The molecular weight excluding hydrogens is 359 g/mol. The van der Waals surface area contributed by atoms with E-state index in [1.165, 1.54) is 0 Å². The average Bonchev–Trinajstić information content (AvgIpc) is 2.58. The normalized spacial score (nSPS) is 18.0. The molecule has 25 heavy (non-hydrogen) atoms. The van der Waals surface area contributed by atoms with Crippen molar-refractivity contribution in [3.8, 4) is 0 Å². The fourth-order valence-electron chi connectivity index (χ4n) is 3.24. The number of hydrogen-bond acceptors (Lipinski definition) is 3. The zero-order valence-electron chi connectivity index (χ0n) is 14.6. The van der Waals surface area contributed by atoms with Gasteiger partial charge in [-0.05, 0) is 44.6 Å². The Labute approximate surface area is 159 Å². The molecule has 136 valence electrons. The van der Waals surface area contributed by atoms with Crippen LogP contribution >= 0.6 is 23.2 Å². The molecule has 1 saturated carbocycles. The summed E-state index contributed by atoms with van der Waals surface area (Å²) in [4.78, 5) is 26.4. The van der Waals surface area contributed by atoms with Crippen LogP contribution in [0.2, 0.25) is 10.0 Å². The average molecular weight is 383 g/mol. The monoisotopic (exact) mass is 382 g/mol. The molecule has 1 aromatic rings. The van der Waals surface area contributed by atoms with Gasteiger partial charge in [0.2, 0.25) is 5.91 Å². The van der Waals surface area contributed by atoms with E-state index in [9.17, 15) is 9.59 Å². The highest BCUT2D eigenvalue weighted by Gasteiger charge is 2.37. The van der Waals surface area contributed by atoms with Crippen molar-refractivity contribution in [2.24, 2.45) is 0 Å². The van der Waals surface area contributed by atoms with E-state index >= 15 is 0 Å². The Morgan fingerprint density at radius 1 is 1.32 bits per heavy atom. The van der Waals surface area contributed by atoms with Gasteiger partial charge in [-0.15, -0.1) is 6.58 Å². The third-order valence-corrected chi connectivity index (χ3v) is 5.84. The second kappa shape index (κ2) is 8.35. The van der Waals surface area contributed by atoms with Crippen LogP contribution in [-0.4, -0.2) is 42.8 Å². The topological polar surface area (TPSA) is 49.4 Å². The first-order valence-electron chi connectivity index (χ1n) is 8.33. The Morgan fingerprint density at radius 3 is 2.48 bits per heavy atom. The Bertz CT molecular complexity index is 663. The lowest BCUT2D eigenvalue weighted by molar-refractivity contribution is -0.123. The molecule has 0 heterocycles. The Balaban J connectivity index is 2.09. The van der Waals surface area contributed by atoms with E-state index in [4.69, 9.17) is 23.2 Å². The minimum Gasteiger partial charge on any atom is -0.353 e. The van der Waals surface area contributed by atoms with Gasteiger partial charge in [-0.2, -0.15) is 0 Å². The van der Waals surface area contributed by atoms with Crippen LogP contribution < -0.4 is 5.32 Å². The predicted octanol–water partition coefficient (Wildman–Crippen LogP) is 3.82. The summed E-state index contributed by atoms with van der Waals surface area (Å²) in [6.07, 6.45) is 4.23. The number of halogens is 2. The molecule has 1 N–H and O–H groups in total. The van der Waals surface area contributed by atoms with Crippen LogP contribution in [0, 0.1) is 0 Å². The number of amides is 1. The summed E-state index contributed by atoms with van der Waals surface area (Å²) < 4.78 is 0. The van der Waals surface area contributed by atoms with E-state index in [-0.39, 0.29) is 11.4 Å². The van der Waals surface area contributed by atoms with Gasteiger partial charge in [-0.25, -0.2) is 0 Å². The molecular formula is C19H24Cl2N2O2. The van der Waals surface area contributed by atoms with E-state index < -0.39 is 5.92 Å². The summed E-state index contributed by atoms with van der Waals surface area (Å²) in [5, 5.41) is 3.90. The first-order valence-corrected chi connectivity index (χ1v) is 9.09. The molecule has 4 nitrogen and oxygen atoms in total. The number of carbonyl (C=O) groups excluding carboxylic acids is 2. The lowest BCUT2D eigenvalue weighted by Gasteiger charge is -2.42. The number of rotatable bonds is 6. The Kier molecular flexibility index (Phi) is 6.66. The van der Waals surface area contributed by atoms with E-state index in [2.05, 4.69) is 16.8 Å². The number of carbonyl (C=O) groups is 2. The van der Waals surface area contributed by atoms with Crippen molar-refractivity contribution in [3.63, 3.8) is 0 Å². The van der Waals surface area contributed by atoms with E-state index in [1.54, 1.807) is 24.3 Å². The number of nitrogens with one attached hydrogen (secondary N) is 1. The first kappa shape index (κ1) is 20.0. The van der Waals surface area contributed by atoms with Crippen LogP contribution in [0.4, 0.5) is 0 Å². The van der Waals surface area contributed by atoms with Gasteiger partial charge in [0.15, 0.2) is 0 Å². The summed E-state index contributed by atoms with van der Waals surface area (Å²) in [6.45, 7) is 4.27. The third-order valence-electron chi connectivity index (χ3n) is 5.10. The number of benzene rings is 1. The SMILES string of the molecule is C=CC(C(=O)NCC1(N(C)C)CCC(=O)CC1)c1ccc(Cl)c(Cl)c1. The summed E-state index contributed by atoms with van der Waals surface area (Å²) in [7, 11) is 3.98. The van der Waals surface area contributed by atoms with Gasteiger partial charge in [0, 0.05) is 24.9 Å². The molecule has 1 unspecified atom stereocenters. The van der Waals surface area contributed by atoms with Gasteiger partial charge in [0.05, 0.1) is 16.0 Å². The molecule has 1 amide bonds. The second-order valence-electron chi connectivity index (χ2n) is 6.76. The number of nitrogens with zero attached hydrogens (tertiary/aromatic N) is 1. The van der Waals surface area contributed by atoms with Crippen LogP contribution in [0.15, 0.2) is 30.9 Å². The van der Waals surface area contributed by atoms with Gasteiger partial charge in [-0.1, -0.05) is 35.3 Å². The minimum absolute atomic E-state index is 0.133. The van der Waals surface area contributed by atoms with Crippen molar-refractivity contribution in [2.45, 2.75) is 37.1 Å². The van der Waals surface area contributed by atoms with E-state index in [0.29, 0.717) is 35.2 Å². The van der Waals surface area contributed by atoms with Gasteiger partial charge in [0.1, 0.15) is 5.78 Å². The molecule has 1 aliphatic carbocycles. The van der Waals surface area contributed by atoms with E-state index in [0.717, 1.165) is 18.4 Å². The zero-order chi connectivity index (χ0) is 18.6. The summed E-state index contributed by atoms with van der Waals surface area (Å²) >= 11 is 12.0. The fourth-order valence-corrected chi connectivity index (χ4v) is 3.54. The maximum Gasteiger partial charge on any atom is 0.231 e. The lowest BCUT2D eigenvalue weighted by Crippen LogP contribution is -2.55. The standard InChI is InChI=1S/C19H24Cl2N2O2/c1-4-15(13-5-6-16(20)17(21)11-13)18(25)22-12-19(23(2)3)9-7-14(24)8-10-19/h4-6,11,15H,1,7-10,12H2,2-3H3,(H,22,25). The van der Waals surface area contributed by atoms with Gasteiger partial charge in [-0.3, -0.25) is 9.59 Å². The molecule has 0 aliphatic heterocycles. The van der Waals surface area contributed by atoms with Crippen LogP contribution in [0.25, 0.3) is 0 Å². The summed E-state index contributed by atoms with van der Waals surface area (Å²) in [6, 6.07) is 5.15. The molecule has 1 fully saturated rings.